The number of rotatable bonds is 3. The number of thiophene rings is 1. The highest BCUT2D eigenvalue weighted by Crippen LogP contribution is 2.24. The number of nitrogens with two attached hydrogens (primary N) is 1. The molecule has 0 spiro atoms. The molecule has 0 aromatic carbocycles. The Hall–Kier alpha value is -1.60. The molecule has 0 bridgehead atoms. The van der Waals surface area contributed by atoms with Crippen molar-refractivity contribution in [3.8, 4) is 0 Å². The first-order valence-corrected chi connectivity index (χ1v) is 7.13. The lowest BCUT2D eigenvalue weighted by molar-refractivity contribution is 0.603. The smallest absolute Gasteiger partial charge is 0.271 e. The molecule has 2 heterocycles. The van der Waals surface area contributed by atoms with Crippen LogP contribution in [0.1, 0.15) is 5.56 Å². The van der Waals surface area contributed by atoms with Crippen LogP contribution in [-0.4, -0.2) is 13.4 Å². The van der Waals surface area contributed by atoms with E-state index in [0.717, 1.165) is 16.9 Å². The Morgan fingerprint density at radius 1 is 1.47 bits per heavy atom. The van der Waals surface area contributed by atoms with Crippen molar-refractivity contribution in [3.63, 3.8) is 0 Å². The largest absolute Gasteiger partial charge is 0.398 e. The summed E-state index contributed by atoms with van der Waals surface area (Å²) >= 11 is 1.09. The van der Waals surface area contributed by atoms with Crippen molar-refractivity contribution in [1.82, 2.24) is 4.98 Å². The second-order valence-corrected chi connectivity index (χ2v) is 6.32. The molecular weight excluding hydrogens is 258 g/mol. The number of aromatic nitrogens is 1. The molecule has 17 heavy (non-hydrogen) atoms. The van der Waals surface area contributed by atoms with Crippen LogP contribution in [0.5, 0.6) is 0 Å². The van der Waals surface area contributed by atoms with Crippen LogP contribution in [0.4, 0.5) is 11.4 Å². The molecule has 90 valence electrons. The van der Waals surface area contributed by atoms with Crippen LogP contribution in [0.2, 0.25) is 0 Å². The fraction of sp³-hybridized carbons (Fsp3) is 0.100. The number of hydrogen-bond donors (Lipinski definition) is 2. The van der Waals surface area contributed by atoms with Crippen LogP contribution >= 0.6 is 11.3 Å². The van der Waals surface area contributed by atoms with Crippen molar-refractivity contribution in [2.75, 3.05) is 10.5 Å². The second-order valence-electron chi connectivity index (χ2n) is 3.50. The van der Waals surface area contributed by atoms with Gasteiger partial charge in [-0.3, -0.25) is 9.71 Å². The van der Waals surface area contributed by atoms with Gasteiger partial charge in [0.05, 0.1) is 11.9 Å². The molecule has 0 aliphatic rings. The maximum Gasteiger partial charge on any atom is 0.271 e. The fourth-order valence-corrected chi connectivity index (χ4v) is 3.43. The highest BCUT2D eigenvalue weighted by Gasteiger charge is 2.17. The highest BCUT2D eigenvalue weighted by atomic mass is 32.2. The molecule has 3 N–H and O–H groups in total. The number of pyridine rings is 1. The number of sulfonamides is 1. The molecule has 0 fully saturated rings. The van der Waals surface area contributed by atoms with E-state index in [-0.39, 0.29) is 4.21 Å². The van der Waals surface area contributed by atoms with Gasteiger partial charge in [0.15, 0.2) is 0 Å². The van der Waals surface area contributed by atoms with Gasteiger partial charge in [0.25, 0.3) is 10.0 Å². The molecule has 5 nitrogen and oxygen atoms in total. The second kappa shape index (κ2) is 4.34. The van der Waals surface area contributed by atoms with Crippen molar-refractivity contribution < 1.29 is 8.42 Å². The van der Waals surface area contributed by atoms with E-state index in [9.17, 15) is 8.42 Å². The van der Waals surface area contributed by atoms with Crippen molar-refractivity contribution in [3.05, 3.63) is 35.5 Å². The Kier molecular flexibility index (Phi) is 3.03. The van der Waals surface area contributed by atoms with E-state index in [2.05, 4.69) is 9.71 Å². The van der Waals surface area contributed by atoms with Crippen molar-refractivity contribution in [1.29, 1.82) is 0 Å². The lowest BCUT2D eigenvalue weighted by atomic mass is 10.3. The fourth-order valence-electron chi connectivity index (χ4n) is 1.24. The van der Waals surface area contributed by atoms with Gasteiger partial charge in [0, 0.05) is 17.3 Å². The lowest BCUT2D eigenvalue weighted by Gasteiger charge is -2.07. The predicted molar refractivity (Wildman–Crippen MR) is 68.5 cm³/mol. The molecule has 2 rings (SSSR count). The minimum Gasteiger partial charge on any atom is -0.398 e. The Labute approximate surface area is 103 Å². The van der Waals surface area contributed by atoms with E-state index in [0.29, 0.717) is 11.4 Å². The van der Waals surface area contributed by atoms with Gasteiger partial charge in [-0.25, -0.2) is 8.42 Å². The van der Waals surface area contributed by atoms with Crippen LogP contribution in [0.25, 0.3) is 0 Å². The third-order valence-electron chi connectivity index (χ3n) is 2.14. The monoisotopic (exact) mass is 269 g/mol. The summed E-state index contributed by atoms with van der Waals surface area (Å²) in [7, 11) is -3.57. The molecule has 2 aromatic heterocycles. The molecular formula is C10H11N3O2S2. The van der Waals surface area contributed by atoms with E-state index in [1.165, 1.54) is 12.3 Å². The molecule has 0 radical (unpaired) electrons. The number of nitrogens with zero attached hydrogens (tertiary/aromatic N) is 1. The van der Waals surface area contributed by atoms with Gasteiger partial charge in [-0.05, 0) is 24.6 Å². The lowest BCUT2D eigenvalue weighted by Crippen LogP contribution is -2.12. The SMILES string of the molecule is Cc1ccncc1NS(=O)(=O)c1cc(N)cs1. The van der Waals surface area contributed by atoms with Crippen LogP contribution in [0.3, 0.4) is 0 Å². The molecule has 0 amide bonds. The van der Waals surface area contributed by atoms with Crippen LogP contribution < -0.4 is 10.5 Å². The summed E-state index contributed by atoms with van der Waals surface area (Å²) < 4.78 is 26.6. The zero-order valence-electron chi connectivity index (χ0n) is 9.04. The molecule has 0 unspecified atom stereocenters. The number of aryl methyl sites for hydroxylation is 1. The van der Waals surface area contributed by atoms with Crippen LogP contribution in [0.15, 0.2) is 34.1 Å². The third-order valence-corrected chi connectivity index (χ3v) is 4.97. The molecule has 0 aliphatic heterocycles. The predicted octanol–water partition coefficient (Wildman–Crippen LogP) is 1.83. The highest BCUT2D eigenvalue weighted by molar-refractivity contribution is 7.94. The first-order chi connectivity index (χ1) is 7.99. The number of nitrogen functional groups attached to an aromatic ring is 1. The van der Waals surface area contributed by atoms with Gasteiger partial charge in [0.1, 0.15) is 4.21 Å². The van der Waals surface area contributed by atoms with Gasteiger partial charge < -0.3 is 5.73 Å². The normalized spacial score (nSPS) is 11.4. The molecule has 0 atom stereocenters. The molecule has 7 heteroatoms. The minimum atomic E-state index is -3.57. The van der Waals surface area contributed by atoms with E-state index < -0.39 is 10.0 Å². The number of hydrogen-bond acceptors (Lipinski definition) is 5. The van der Waals surface area contributed by atoms with E-state index in [1.54, 1.807) is 17.6 Å². The Morgan fingerprint density at radius 3 is 2.82 bits per heavy atom. The maximum atomic E-state index is 12.0. The molecule has 2 aromatic rings. The maximum absolute atomic E-state index is 12.0. The number of anilines is 2. The van der Waals surface area contributed by atoms with Crippen LogP contribution in [-0.2, 0) is 10.0 Å². The Balaban J connectivity index is 2.33. The standard InChI is InChI=1S/C10H11N3O2S2/c1-7-2-3-12-5-9(7)13-17(14,15)10-4-8(11)6-16-10/h2-6,13H,11H2,1H3. The summed E-state index contributed by atoms with van der Waals surface area (Å²) in [5.74, 6) is 0. The topological polar surface area (TPSA) is 85.1 Å². The number of nitrogens with one attached hydrogen (secondary N) is 1. The molecule has 0 aliphatic carbocycles. The summed E-state index contributed by atoms with van der Waals surface area (Å²) in [6.45, 7) is 1.81. The van der Waals surface area contributed by atoms with Crippen molar-refractivity contribution in [2.24, 2.45) is 0 Å². The van der Waals surface area contributed by atoms with Crippen molar-refractivity contribution in [2.45, 2.75) is 11.1 Å². The Morgan fingerprint density at radius 2 is 2.24 bits per heavy atom. The van der Waals surface area contributed by atoms with Crippen LogP contribution in [0, 0.1) is 6.92 Å². The van der Waals surface area contributed by atoms with Gasteiger partial charge in [-0.2, -0.15) is 0 Å². The first kappa shape index (κ1) is 11.9. The summed E-state index contributed by atoms with van der Waals surface area (Å²) in [6.07, 6.45) is 3.08. The Bertz CT molecular complexity index is 635. The molecule has 0 saturated heterocycles. The average molecular weight is 269 g/mol. The summed E-state index contributed by atoms with van der Waals surface area (Å²) in [4.78, 5) is 3.88. The summed E-state index contributed by atoms with van der Waals surface area (Å²) in [6, 6.07) is 3.17. The van der Waals surface area contributed by atoms with Gasteiger partial charge >= 0.3 is 0 Å². The quantitative estimate of drug-likeness (QED) is 0.890. The van der Waals surface area contributed by atoms with Gasteiger partial charge in [-0.1, -0.05) is 0 Å². The first-order valence-electron chi connectivity index (χ1n) is 4.76. The van der Waals surface area contributed by atoms with Gasteiger partial charge in [-0.15, -0.1) is 11.3 Å². The van der Waals surface area contributed by atoms with E-state index >= 15 is 0 Å². The zero-order chi connectivity index (χ0) is 12.5. The summed E-state index contributed by atoms with van der Waals surface area (Å²) in [5, 5.41) is 1.59. The molecule has 0 saturated carbocycles. The van der Waals surface area contributed by atoms with Gasteiger partial charge in [0.2, 0.25) is 0 Å². The van der Waals surface area contributed by atoms with E-state index in [1.807, 2.05) is 6.92 Å². The van der Waals surface area contributed by atoms with Crippen molar-refractivity contribution >= 4 is 32.7 Å². The van der Waals surface area contributed by atoms with E-state index in [4.69, 9.17) is 5.73 Å². The average Bonchev–Trinajstić information content (AvgIpc) is 2.69. The minimum absolute atomic E-state index is 0.193. The zero-order valence-corrected chi connectivity index (χ0v) is 10.7. The summed E-state index contributed by atoms with van der Waals surface area (Å²) in [5.41, 5.74) is 7.23. The third kappa shape index (κ3) is 2.56.